The number of carboxylic acid groups (broad SMARTS) is 2. The number of hydrogen-bond acceptors (Lipinski definition) is 2. The Morgan fingerprint density at radius 2 is 1.75 bits per heavy atom. The average molecular weight is 249 g/mol. The maximum Gasteiger partial charge on any atom is 0.321 e. The molecule has 0 radical (unpaired) electrons. The van der Waals surface area contributed by atoms with E-state index >= 15 is 0 Å². The molecule has 0 amide bonds. The van der Waals surface area contributed by atoms with Gasteiger partial charge in [-0.15, -0.1) is 0 Å². The van der Waals surface area contributed by atoms with Crippen LogP contribution in [-0.4, -0.2) is 22.2 Å². The molecule has 4 nitrogen and oxygen atoms in total. The van der Waals surface area contributed by atoms with E-state index in [2.05, 4.69) is 0 Å². The van der Waals surface area contributed by atoms with Crippen molar-refractivity contribution in [1.82, 2.24) is 0 Å². The second-order valence-electron chi connectivity index (χ2n) is 4.29. The largest absolute Gasteiger partial charge is 0.480 e. The number of rotatable bonds is 6. The number of hydrogen-bond donors (Lipinski definition) is 2. The van der Waals surface area contributed by atoms with E-state index in [4.69, 9.17) is 21.8 Å². The molecule has 0 aromatic rings. The second-order valence-corrected chi connectivity index (χ2v) is 4.88. The summed E-state index contributed by atoms with van der Waals surface area (Å²) in [4.78, 5) is 22.3. The van der Waals surface area contributed by atoms with Gasteiger partial charge in [0.15, 0.2) is 5.41 Å². The van der Waals surface area contributed by atoms with Crippen molar-refractivity contribution >= 4 is 23.5 Å². The van der Waals surface area contributed by atoms with Crippen LogP contribution in [0.2, 0.25) is 0 Å². The van der Waals surface area contributed by atoms with Gasteiger partial charge in [-0.1, -0.05) is 31.5 Å². The number of carbonyl (C=O) groups is 2. The number of aliphatic carboxylic acids is 2. The molecule has 0 spiro atoms. The topological polar surface area (TPSA) is 74.6 Å². The SMILES string of the molecule is CC(Cl)=CCC(CC(C)C)(C(=O)O)C(=O)O. The van der Waals surface area contributed by atoms with Crippen molar-refractivity contribution < 1.29 is 19.8 Å². The highest BCUT2D eigenvalue weighted by Gasteiger charge is 2.45. The standard InChI is InChI=1S/C11H17ClO4/c1-7(2)6-11(9(13)14,10(15)16)5-4-8(3)12/h4,7H,5-6H2,1-3H3,(H,13,14)(H,15,16). The fraction of sp³-hybridized carbons (Fsp3) is 0.636. The second kappa shape index (κ2) is 5.89. The molecule has 2 N–H and O–H groups in total. The zero-order valence-corrected chi connectivity index (χ0v) is 10.4. The van der Waals surface area contributed by atoms with Crippen LogP contribution in [-0.2, 0) is 9.59 Å². The highest BCUT2D eigenvalue weighted by atomic mass is 35.5. The molecule has 0 heterocycles. The summed E-state index contributed by atoms with van der Waals surface area (Å²) in [6.45, 7) is 5.17. The number of carboxylic acids is 2. The lowest BCUT2D eigenvalue weighted by Gasteiger charge is -2.25. The summed E-state index contributed by atoms with van der Waals surface area (Å²) in [6.07, 6.45) is 1.43. The van der Waals surface area contributed by atoms with Crippen molar-refractivity contribution in [3.05, 3.63) is 11.1 Å². The van der Waals surface area contributed by atoms with Crippen LogP contribution < -0.4 is 0 Å². The van der Waals surface area contributed by atoms with E-state index in [1.54, 1.807) is 20.8 Å². The van der Waals surface area contributed by atoms with Gasteiger partial charge in [0.1, 0.15) is 0 Å². The molecule has 92 valence electrons. The molecule has 0 aliphatic rings. The first-order chi connectivity index (χ1) is 7.22. The summed E-state index contributed by atoms with van der Waals surface area (Å²) in [5, 5.41) is 18.6. The third-order valence-corrected chi connectivity index (χ3v) is 2.46. The lowest BCUT2D eigenvalue weighted by molar-refractivity contribution is -0.165. The van der Waals surface area contributed by atoms with E-state index in [9.17, 15) is 9.59 Å². The molecule has 0 unspecified atom stereocenters. The van der Waals surface area contributed by atoms with E-state index in [1.165, 1.54) is 6.08 Å². The third kappa shape index (κ3) is 3.85. The van der Waals surface area contributed by atoms with Crippen LogP contribution in [0.1, 0.15) is 33.6 Å². The summed E-state index contributed by atoms with van der Waals surface area (Å²) in [5.41, 5.74) is -1.77. The van der Waals surface area contributed by atoms with Crippen LogP contribution in [0.4, 0.5) is 0 Å². The van der Waals surface area contributed by atoms with Gasteiger partial charge in [0.2, 0.25) is 0 Å². The van der Waals surface area contributed by atoms with Crippen molar-refractivity contribution in [2.75, 3.05) is 0 Å². The van der Waals surface area contributed by atoms with Crippen LogP contribution >= 0.6 is 11.6 Å². The Kier molecular flexibility index (Phi) is 5.51. The maximum atomic E-state index is 11.2. The summed E-state index contributed by atoms with van der Waals surface area (Å²) in [5.74, 6) is -2.65. The molecule has 0 aliphatic heterocycles. The van der Waals surface area contributed by atoms with E-state index in [-0.39, 0.29) is 18.8 Å². The first kappa shape index (κ1) is 15.0. The van der Waals surface area contributed by atoms with Crippen LogP contribution in [0.25, 0.3) is 0 Å². The molecule has 0 bridgehead atoms. The molecule has 0 saturated carbocycles. The summed E-state index contributed by atoms with van der Waals surface area (Å²) < 4.78 is 0. The first-order valence-corrected chi connectivity index (χ1v) is 5.39. The van der Waals surface area contributed by atoms with Crippen molar-refractivity contribution in [1.29, 1.82) is 0 Å². The van der Waals surface area contributed by atoms with Gasteiger partial charge in [-0.05, 0) is 25.7 Å². The lowest BCUT2D eigenvalue weighted by atomic mass is 9.77. The first-order valence-electron chi connectivity index (χ1n) is 5.01. The predicted molar refractivity (Wildman–Crippen MR) is 61.4 cm³/mol. The monoisotopic (exact) mass is 248 g/mol. The third-order valence-electron chi connectivity index (χ3n) is 2.31. The molecule has 0 rings (SSSR count). The number of halogens is 1. The van der Waals surface area contributed by atoms with Crippen molar-refractivity contribution in [2.45, 2.75) is 33.6 Å². The molecule has 0 aliphatic carbocycles. The lowest BCUT2D eigenvalue weighted by Crippen LogP contribution is -2.40. The van der Waals surface area contributed by atoms with E-state index in [0.717, 1.165) is 0 Å². The normalized spacial score (nSPS) is 12.9. The van der Waals surface area contributed by atoms with Crippen LogP contribution in [0.5, 0.6) is 0 Å². The average Bonchev–Trinajstić information content (AvgIpc) is 2.10. The van der Waals surface area contributed by atoms with E-state index in [0.29, 0.717) is 5.03 Å². The van der Waals surface area contributed by atoms with Gasteiger partial charge in [0.25, 0.3) is 0 Å². The summed E-state index contributed by atoms with van der Waals surface area (Å²) >= 11 is 5.60. The molecular weight excluding hydrogens is 232 g/mol. The smallest absolute Gasteiger partial charge is 0.321 e. The Balaban J connectivity index is 5.18. The van der Waals surface area contributed by atoms with Gasteiger partial charge in [0.05, 0.1) is 0 Å². The fourth-order valence-corrected chi connectivity index (χ4v) is 1.61. The van der Waals surface area contributed by atoms with Crippen molar-refractivity contribution in [3.8, 4) is 0 Å². The Bertz CT molecular complexity index is 289. The van der Waals surface area contributed by atoms with Gasteiger partial charge in [-0.25, -0.2) is 0 Å². The van der Waals surface area contributed by atoms with Crippen molar-refractivity contribution in [3.63, 3.8) is 0 Å². The maximum absolute atomic E-state index is 11.2. The van der Waals surface area contributed by atoms with Gasteiger partial charge in [0, 0.05) is 5.03 Å². The van der Waals surface area contributed by atoms with Gasteiger partial charge < -0.3 is 10.2 Å². The Morgan fingerprint density at radius 1 is 1.31 bits per heavy atom. The van der Waals surface area contributed by atoms with Crippen LogP contribution in [0.15, 0.2) is 11.1 Å². The highest BCUT2D eigenvalue weighted by Crippen LogP contribution is 2.32. The van der Waals surface area contributed by atoms with E-state index in [1.807, 2.05) is 0 Å². The van der Waals surface area contributed by atoms with Gasteiger partial charge >= 0.3 is 11.9 Å². The zero-order chi connectivity index (χ0) is 12.9. The minimum Gasteiger partial charge on any atom is -0.480 e. The van der Waals surface area contributed by atoms with Gasteiger partial charge in [-0.2, -0.15) is 0 Å². The van der Waals surface area contributed by atoms with Gasteiger partial charge in [-0.3, -0.25) is 9.59 Å². The molecular formula is C11H17ClO4. The van der Waals surface area contributed by atoms with E-state index < -0.39 is 17.4 Å². The molecule has 16 heavy (non-hydrogen) atoms. The quantitative estimate of drug-likeness (QED) is 0.709. The molecule has 0 atom stereocenters. The number of allylic oxidation sites excluding steroid dienone is 2. The van der Waals surface area contributed by atoms with Crippen LogP contribution in [0.3, 0.4) is 0 Å². The molecule has 0 aromatic carbocycles. The molecule has 0 fully saturated rings. The molecule has 5 heteroatoms. The predicted octanol–water partition coefficient (Wildman–Crippen LogP) is 2.72. The highest BCUT2D eigenvalue weighted by molar-refractivity contribution is 6.29. The summed E-state index contributed by atoms with van der Waals surface area (Å²) in [6, 6.07) is 0. The minimum atomic E-state index is -1.77. The van der Waals surface area contributed by atoms with Crippen LogP contribution in [0, 0.1) is 11.3 Å². The molecule has 0 aromatic heterocycles. The Labute approximate surface area is 99.9 Å². The Hall–Kier alpha value is -1.03. The summed E-state index contributed by atoms with van der Waals surface area (Å²) in [7, 11) is 0. The zero-order valence-electron chi connectivity index (χ0n) is 9.66. The minimum absolute atomic E-state index is 0.0174. The fourth-order valence-electron chi connectivity index (χ4n) is 1.54. The molecule has 0 saturated heterocycles. The van der Waals surface area contributed by atoms with Crippen molar-refractivity contribution in [2.24, 2.45) is 11.3 Å². The Morgan fingerprint density at radius 3 is 2.00 bits per heavy atom.